The molecule has 3 aliphatic rings. The Morgan fingerprint density at radius 1 is 1.19 bits per heavy atom. The summed E-state index contributed by atoms with van der Waals surface area (Å²) in [6.07, 6.45) is 7.44. The molecule has 26 heavy (non-hydrogen) atoms. The van der Waals surface area contributed by atoms with Crippen molar-refractivity contribution in [2.45, 2.75) is 31.6 Å². The van der Waals surface area contributed by atoms with E-state index in [2.05, 4.69) is 38.6 Å². The maximum Gasteiger partial charge on any atom is 0.193 e. The summed E-state index contributed by atoms with van der Waals surface area (Å²) in [4.78, 5) is 6.92. The van der Waals surface area contributed by atoms with Crippen molar-refractivity contribution < 1.29 is 4.74 Å². The number of nitrogens with one attached hydrogen (secondary N) is 1. The smallest absolute Gasteiger partial charge is 0.193 e. The average molecular weight is 351 g/mol. The molecule has 1 aromatic carbocycles. The van der Waals surface area contributed by atoms with Gasteiger partial charge in [-0.3, -0.25) is 4.99 Å². The third-order valence-corrected chi connectivity index (χ3v) is 6.07. The molecule has 6 heteroatoms. The minimum Gasteiger partial charge on any atom is -0.374 e. The lowest BCUT2D eigenvalue weighted by atomic mass is 9.82. The van der Waals surface area contributed by atoms with Crippen molar-refractivity contribution in [1.82, 2.24) is 20.0 Å². The fourth-order valence-electron chi connectivity index (χ4n) is 4.82. The van der Waals surface area contributed by atoms with Crippen LogP contribution in [0.5, 0.6) is 0 Å². The normalized spacial score (nSPS) is 30.0. The zero-order chi connectivity index (χ0) is 17.5. The molecule has 0 spiro atoms. The van der Waals surface area contributed by atoms with Crippen LogP contribution in [-0.4, -0.2) is 53.0 Å². The molecule has 0 aliphatic carbocycles. The summed E-state index contributed by atoms with van der Waals surface area (Å²) in [5.41, 5.74) is 2.23. The first-order valence-electron chi connectivity index (χ1n) is 9.52. The second-order valence-corrected chi connectivity index (χ2v) is 7.55. The third kappa shape index (κ3) is 2.69. The lowest BCUT2D eigenvalue weighted by Crippen LogP contribution is -2.40. The lowest BCUT2D eigenvalue weighted by molar-refractivity contribution is 0.0767. The van der Waals surface area contributed by atoms with Crippen LogP contribution in [0.2, 0.25) is 0 Å². The Kier molecular flexibility index (Phi) is 3.93. The fraction of sp³-hybridized carbons (Fsp3) is 0.500. The van der Waals surface area contributed by atoms with E-state index in [1.165, 1.54) is 12.8 Å². The van der Waals surface area contributed by atoms with Crippen LogP contribution in [0.25, 0.3) is 5.69 Å². The molecule has 0 amide bonds. The molecule has 5 rings (SSSR count). The highest BCUT2D eigenvalue weighted by Gasteiger charge is 2.53. The van der Waals surface area contributed by atoms with E-state index >= 15 is 0 Å². The van der Waals surface area contributed by atoms with Crippen molar-refractivity contribution in [2.75, 3.05) is 20.1 Å². The number of rotatable bonds is 3. The number of nitrogens with zero attached hydrogens (tertiary/aromatic N) is 4. The van der Waals surface area contributed by atoms with Crippen LogP contribution in [-0.2, 0) is 11.3 Å². The van der Waals surface area contributed by atoms with Crippen LogP contribution in [0, 0.1) is 11.8 Å². The standard InChI is InChI=1S/C20H25N5O/c1-21-20(24-12-16-17(13-24)19-8-7-18(16)26-19)22-9-14-10-23-25(11-14)15-5-3-2-4-6-15/h2-6,10-11,16-19H,7-9,12-13H2,1H3,(H,21,22). The number of benzene rings is 1. The number of fused-ring (bicyclic) bond motifs is 5. The van der Waals surface area contributed by atoms with E-state index in [4.69, 9.17) is 4.74 Å². The summed E-state index contributed by atoms with van der Waals surface area (Å²) < 4.78 is 7.99. The number of hydrogen-bond donors (Lipinski definition) is 1. The summed E-state index contributed by atoms with van der Waals surface area (Å²) in [6.45, 7) is 2.86. The summed E-state index contributed by atoms with van der Waals surface area (Å²) in [5, 5.41) is 7.98. The molecule has 136 valence electrons. The van der Waals surface area contributed by atoms with Crippen LogP contribution in [0.15, 0.2) is 47.7 Å². The van der Waals surface area contributed by atoms with Gasteiger partial charge < -0.3 is 15.0 Å². The van der Waals surface area contributed by atoms with Crippen LogP contribution >= 0.6 is 0 Å². The van der Waals surface area contributed by atoms with Gasteiger partial charge in [0.1, 0.15) is 0 Å². The van der Waals surface area contributed by atoms with E-state index in [-0.39, 0.29) is 0 Å². The Hall–Kier alpha value is -2.34. The van der Waals surface area contributed by atoms with Crippen molar-refractivity contribution in [3.05, 3.63) is 48.3 Å². The zero-order valence-electron chi connectivity index (χ0n) is 15.1. The molecule has 4 atom stereocenters. The third-order valence-electron chi connectivity index (χ3n) is 6.07. The first-order chi connectivity index (χ1) is 12.8. The van der Waals surface area contributed by atoms with Gasteiger partial charge in [-0.25, -0.2) is 4.68 Å². The quantitative estimate of drug-likeness (QED) is 0.679. The minimum absolute atomic E-state index is 0.484. The highest BCUT2D eigenvalue weighted by Crippen LogP contribution is 2.47. The first kappa shape index (κ1) is 15.9. The van der Waals surface area contributed by atoms with Crippen LogP contribution in [0.4, 0.5) is 0 Å². The molecular weight excluding hydrogens is 326 g/mol. The first-order valence-corrected chi connectivity index (χ1v) is 9.52. The van der Waals surface area contributed by atoms with Crippen molar-refractivity contribution in [3.8, 4) is 5.69 Å². The molecule has 2 aromatic rings. The Balaban J connectivity index is 1.22. The number of likely N-dealkylation sites (tertiary alicyclic amines) is 1. The molecule has 3 saturated heterocycles. The van der Waals surface area contributed by atoms with Gasteiger partial charge in [-0.2, -0.15) is 5.10 Å². The van der Waals surface area contributed by atoms with E-state index < -0.39 is 0 Å². The van der Waals surface area contributed by atoms with E-state index in [0.717, 1.165) is 36.8 Å². The molecule has 4 unspecified atom stereocenters. The van der Waals surface area contributed by atoms with Crippen LogP contribution in [0.1, 0.15) is 18.4 Å². The van der Waals surface area contributed by atoms with Gasteiger partial charge in [0.15, 0.2) is 5.96 Å². The van der Waals surface area contributed by atoms with Crippen molar-refractivity contribution in [2.24, 2.45) is 16.8 Å². The monoisotopic (exact) mass is 351 g/mol. The second kappa shape index (κ2) is 6.43. The maximum absolute atomic E-state index is 6.08. The molecular formula is C20H25N5O. The molecule has 3 aliphatic heterocycles. The van der Waals surface area contributed by atoms with Crippen LogP contribution in [0.3, 0.4) is 0 Å². The van der Waals surface area contributed by atoms with Gasteiger partial charge in [-0.05, 0) is 25.0 Å². The van der Waals surface area contributed by atoms with Gasteiger partial charge in [0.25, 0.3) is 0 Å². The summed E-state index contributed by atoms with van der Waals surface area (Å²) in [6, 6.07) is 10.2. The number of ether oxygens (including phenoxy) is 1. The molecule has 3 fully saturated rings. The Morgan fingerprint density at radius 2 is 1.92 bits per heavy atom. The fourth-order valence-corrected chi connectivity index (χ4v) is 4.82. The van der Waals surface area contributed by atoms with Crippen LogP contribution < -0.4 is 5.32 Å². The van der Waals surface area contributed by atoms with Gasteiger partial charge in [0.2, 0.25) is 0 Å². The zero-order valence-corrected chi connectivity index (χ0v) is 15.1. The van der Waals surface area contributed by atoms with Gasteiger partial charge in [0, 0.05) is 50.3 Å². The average Bonchev–Trinajstić information content (AvgIpc) is 3.44. The predicted molar refractivity (Wildman–Crippen MR) is 100 cm³/mol. The maximum atomic E-state index is 6.08. The molecule has 4 heterocycles. The summed E-state index contributed by atoms with van der Waals surface area (Å²) >= 11 is 0. The highest BCUT2D eigenvalue weighted by atomic mass is 16.5. The van der Waals surface area contributed by atoms with Crippen molar-refractivity contribution in [3.63, 3.8) is 0 Å². The number of hydrogen-bond acceptors (Lipinski definition) is 3. The Labute approximate surface area is 153 Å². The number of aromatic nitrogens is 2. The van der Waals surface area contributed by atoms with E-state index in [1.54, 1.807) is 0 Å². The summed E-state index contributed by atoms with van der Waals surface area (Å²) in [5.74, 6) is 2.37. The number of aliphatic imine (C=N–C) groups is 1. The number of para-hydroxylation sites is 1. The Bertz CT molecular complexity index is 784. The van der Waals surface area contributed by atoms with Gasteiger partial charge in [-0.15, -0.1) is 0 Å². The van der Waals surface area contributed by atoms with Gasteiger partial charge >= 0.3 is 0 Å². The van der Waals surface area contributed by atoms with E-state index in [0.29, 0.717) is 24.0 Å². The lowest BCUT2D eigenvalue weighted by Gasteiger charge is -2.23. The van der Waals surface area contributed by atoms with Gasteiger partial charge in [-0.1, -0.05) is 18.2 Å². The SMILES string of the molecule is CN=C(NCc1cnn(-c2ccccc2)c1)N1CC2C3CCC(O3)C2C1. The minimum atomic E-state index is 0.484. The molecule has 0 saturated carbocycles. The largest absolute Gasteiger partial charge is 0.374 e. The molecule has 1 N–H and O–H groups in total. The topological polar surface area (TPSA) is 54.7 Å². The highest BCUT2D eigenvalue weighted by molar-refractivity contribution is 5.80. The van der Waals surface area contributed by atoms with Gasteiger partial charge in [0.05, 0.1) is 24.1 Å². The molecule has 1 aromatic heterocycles. The summed E-state index contributed by atoms with van der Waals surface area (Å²) in [7, 11) is 1.87. The molecule has 6 nitrogen and oxygen atoms in total. The predicted octanol–water partition coefficient (Wildman–Crippen LogP) is 2.06. The van der Waals surface area contributed by atoms with Crippen molar-refractivity contribution >= 4 is 5.96 Å². The molecule has 0 radical (unpaired) electrons. The second-order valence-electron chi connectivity index (χ2n) is 7.55. The Morgan fingerprint density at radius 3 is 2.62 bits per heavy atom. The number of guanidine groups is 1. The molecule has 2 bridgehead atoms. The van der Waals surface area contributed by atoms with E-state index in [1.807, 2.05) is 36.1 Å². The van der Waals surface area contributed by atoms with E-state index in [9.17, 15) is 0 Å². The van der Waals surface area contributed by atoms with Crippen molar-refractivity contribution in [1.29, 1.82) is 0 Å².